The predicted octanol–water partition coefficient (Wildman–Crippen LogP) is 2.38. The maximum absolute atomic E-state index is 11.5. The lowest BCUT2D eigenvalue weighted by atomic mass is 9.88. The highest BCUT2D eigenvalue weighted by Gasteiger charge is 2.32. The van der Waals surface area contributed by atoms with Crippen LogP contribution in [0.2, 0.25) is 0 Å². The molecule has 1 aliphatic rings. The summed E-state index contributed by atoms with van der Waals surface area (Å²) in [6.45, 7) is 2.56. The Hall–Kier alpha value is -1.35. The molecule has 3 nitrogen and oxygen atoms in total. The molecule has 1 atom stereocenters. The van der Waals surface area contributed by atoms with Gasteiger partial charge in [0, 0.05) is 19.3 Å². The number of methoxy groups -OCH3 is 1. The van der Waals surface area contributed by atoms with Crippen LogP contribution >= 0.6 is 0 Å². The molecule has 0 saturated carbocycles. The molecule has 1 heterocycles. The van der Waals surface area contributed by atoms with Crippen molar-refractivity contribution in [3.8, 4) is 5.75 Å². The molecule has 3 heteroatoms. The van der Waals surface area contributed by atoms with Crippen LogP contribution in [0.15, 0.2) is 24.3 Å². The summed E-state index contributed by atoms with van der Waals surface area (Å²) in [5.41, 5.74) is 0.826. The van der Waals surface area contributed by atoms with Gasteiger partial charge in [0.1, 0.15) is 11.5 Å². The molecule has 92 valence electrons. The fourth-order valence-corrected chi connectivity index (χ4v) is 2.26. The second-order valence-corrected chi connectivity index (χ2v) is 4.79. The Morgan fingerprint density at radius 2 is 2.06 bits per heavy atom. The lowest BCUT2D eigenvalue weighted by Crippen LogP contribution is -2.39. The normalized spacial score (nSPS) is 24.7. The number of carbonyl (C=O) groups is 1. The molecule has 1 aromatic rings. The van der Waals surface area contributed by atoms with Crippen LogP contribution in [0.25, 0.3) is 0 Å². The molecule has 0 amide bonds. The van der Waals surface area contributed by atoms with Crippen molar-refractivity contribution >= 4 is 5.78 Å². The molecule has 0 bridgehead atoms. The molecular weight excluding hydrogens is 216 g/mol. The molecule has 1 aromatic carbocycles. The molecule has 1 aliphatic heterocycles. The van der Waals surface area contributed by atoms with Gasteiger partial charge < -0.3 is 9.47 Å². The van der Waals surface area contributed by atoms with Crippen LogP contribution in [0.3, 0.4) is 0 Å². The zero-order valence-electron chi connectivity index (χ0n) is 10.4. The van der Waals surface area contributed by atoms with E-state index in [0.29, 0.717) is 25.2 Å². The Kier molecular flexibility index (Phi) is 3.48. The summed E-state index contributed by atoms with van der Waals surface area (Å²) < 4.78 is 10.9. The van der Waals surface area contributed by atoms with E-state index in [4.69, 9.17) is 9.47 Å². The molecule has 17 heavy (non-hydrogen) atoms. The average Bonchev–Trinajstić information content (AvgIpc) is 2.29. The summed E-state index contributed by atoms with van der Waals surface area (Å²) in [5, 5.41) is 0. The van der Waals surface area contributed by atoms with Gasteiger partial charge in [0.2, 0.25) is 0 Å². The van der Waals surface area contributed by atoms with E-state index < -0.39 is 0 Å². The van der Waals surface area contributed by atoms with Gasteiger partial charge in [-0.1, -0.05) is 12.1 Å². The van der Waals surface area contributed by atoms with Crippen molar-refractivity contribution in [2.75, 3.05) is 13.7 Å². The first-order valence-electron chi connectivity index (χ1n) is 5.90. The lowest BCUT2D eigenvalue weighted by Gasteiger charge is -2.33. The lowest BCUT2D eigenvalue weighted by molar-refractivity contribution is -0.137. The summed E-state index contributed by atoms with van der Waals surface area (Å²) in [6, 6.07) is 7.91. The van der Waals surface area contributed by atoms with Gasteiger partial charge >= 0.3 is 0 Å². The quantitative estimate of drug-likeness (QED) is 0.805. The molecule has 0 spiro atoms. The van der Waals surface area contributed by atoms with Gasteiger partial charge in [-0.2, -0.15) is 0 Å². The zero-order valence-corrected chi connectivity index (χ0v) is 10.4. The van der Waals surface area contributed by atoms with E-state index in [9.17, 15) is 4.79 Å². The van der Waals surface area contributed by atoms with E-state index in [1.54, 1.807) is 7.11 Å². The second kappa shape index (κ2) is 4.88. The number of hydrogen-bond donors (Lipinski definition) is 0. The highest BCUT2D eigenvalue weighted by Crippen LogP contribution is 2.27. The number of Topliss-reactive ketones (excluding diaryl/α,β-unsaturated/α-hetero) is 1. The number of ketones is 1. The Morgan fingerprint density at radius 1 is 1.35 bits per heavy atom. The van der Waals surface area contributed by atoms with Crippen molar-refractivity contribution in [1.82, 2.24) is 0 Å². The minimum atomic E-state index is -0.343. The molecule has 2 rings (SSSR count). The summed E-state index contributed by atoms with van der Waals surface area (Å²) >= 11 is 0. The molecule has 0 aliphatic carbocycles. The number of carbonyl (C=O) groups excluding carboxylic acids is 1. The topological polar surface area (TPSA) is 35.5 Å². The predicted molar refractivity (Wildman–Crippen MR) is 65.3 cm³/mol. The van der Waals surface area contributed by atoms with E-state index >= 15 is 0 Å². The minimum absolute atomic E-state index is 0.298. The number of hydrogen-bond acceptors (Lipinski definition) is 3. The summed E-state index contributed by atoms with van der Waals surface area (Å²) in [6.07, 6.45) is 1.83. The van der Waals surface area contributed by atoms with Crippen LogP contribution in [0.5, 0.6) is 5.75 Å². The van der Waals surface area contributed by atoms with Gasteiger partial charge in [-0.3, -0.25) is 4.79 Å². The van der Waals surface area contributed by atoms with Gasteiger partial charge in [0.25, 0.3) is 0 Å². The van der Waals surface area contributed by atoms with E-state index in [0.717, 1.165) is 12.2 Å². The number of rotatable bonds is 3. The molecular formula is C14H18O3. The van der Waals surface area contributed by atoms with Crippen molar-refractivity contribution in [3.63, 3.8) is 0 Å². The molecule has 0 aromatic heterocycles. The summed E-state index contributed by atoms with van der Waals surface area (Å²) in [7, 11) is 1.65. The Balaban J connectivity index is 2.05. The Morgan fingerprint density at radius 3 is 2.65 bits per heavy atom. The number of ether oxygens (including phenoxy) is 2. The van der Waals surface area contributed by atoms with Crippen molar-refractivity contribution in [2.45, 2.75) is 31.8 Å². The highest BCUT2D eigenvalue weighted by atomic mass is 16.5. The summed E-state index contributed by atoms with van der Waals surface area (Å²) in [5.74, 6) is 1.15. The third-order valence-electron chi connectivity index (χ3n) is 3.14. The maximum atomic E-state index is 11.5. The van der Waals surface area contributed by atoms with E-state index in [-0.39, 0.29) is 5.60 Å². The van der Waals surface area contributed by atoms with Crippen LogP contribution in [0, 0.1) is 0 Å². The molecule has 1 fully saturated rings. The van der Waals surface area contributed by atoms with Crippen LogP contribution in [-0.4, -0.2) is 25.1 Å². The van der Waals surface area contributed by atoms with Crippen molar-refractivity contribution < 1.29 is 14.3 Å². The maximum Gasteiger partial charge on any atom is 0.138 e. The molecule has 1 unspecified atom stereocenters. The molecule has 0 radical (unpaired) electrons. The zero-order chi connectivity index (χ0) is 12.3. The smallest absolute Gasteiger partial charge is 0.138 e. The van der Waals surface area contributed by atoms with Gasteiger partial charge in [-0.05, 0) is 24.6 Å². The van der Waals surface area contributed by atoms with Gasteiger partial charge in [-0.15, -0.1) is 0 Å². The first kappa shape index (κ1) is 12.1. The van der Waals surface area contributed by atoms with Crippen LogP contribution in [0.1, 0.15) is 25.3 Å². The van der Waals surface area contributed by atoms with Crippen LogP contribution in [-0.2, 0) is 16.0 Å². The first-order valence-corrected chi connectivity index (χ1v) is 5.90. The Bertz CT molecular complexity index is 396. The van der Waals surface area contributed by atoms with E-state index in [1.807, 2.05) is 31.2 Å². The van der Waals surface area contributed by atoms with Gasteiger partial charge in [0.05, 0.1) is 19.3 Å². The fourth-order valence-electron chi connectivity index (χ4n) is 2.26. The van der Waals surface area contributed by atoms with Crippen molar-refractivity contribution in [2.24, 2.45) is 0 Å². The van der Waals surface area contributed by atoms with Crippen molar-refractivity contribution in [3.05, 3.63) is 29.8 Å². The standard InChI is InChI=1S/C14H18O3/c1-14(10-12(15)7-8-17-14)9-11-3-5-13(16-2)6-4-11/h3-6H,7-10H2,1-2H3. The van der Waals surface area contributed by atoms with E-state index in [1.165, 1.54) is 5.56 Å². The fraction of sp³-hybridized carbons (Fsp3) is 0.500. The average molecular weight is 234 g/mol. The van der Waals surface area contributed by atoms with E-state index in [2.05, 4.69) is 0 Å². The second-order valence-electron chi connectivity index (χ2n) is 4.79. The highest BCUT2D eigenvalue weighted by molar-refractivity contribution is 5.80. The molecule has 1 saturated heterocycles. The summed E-state index contributed by atoms with van der Waals surface area (Å²) in [4.78, 5) is 11.5. The SMILES string of the molecule is COc1ccc(CC2(C)CC(=O)CCO2)cc1. The largest absolute Gasteiger partial charge is 0.497 e. The Labute approximate surface area is 102 Å². The van der Waals surface area contributed by atoms with Crippen LogP contribution in [0.4, 0.5) is 0 Å². The molecule has 0 N–H and O–H groups in total. The number of benzene rings is 1. The van der Waals surface area contributed by atoms with Gasteiger partial charge in [0.15, 0.2) is 0 Å². The van der Waals surface area contributed by atoms with Gasteiger partial charge in [-0.25, -0.2) is 0 Å². The van der Waals surface area contributed by atoms with Crippen LogP contribution < -0.4 is 4.74 Å². The minimum Gasteiger partial charge on any atom is -0.497 e. The third kappa shape index (κ3) is 3.07. The first-order chi connectivity index (χ1) is 8.11. The monoisotopic (exact) mass is 234 g/mol. The van der Waals surface area contributed by atoms with Crippen molar-refractivity contribution in [1.29, 1.82) is 0 Å². The third-order valence-corrected chi connectivity index (χ3v) is 3.14.